The van der Waals surface area contributed by atoms with Crippen LogP contribution in [-0.4, -0.2) is 88.5 Å². The predicted octanol–water partition coefficient (Wildman–Crippen LogP) is -0.596. The average molecular weight is 358 g/mol. The number of carbonyl (C=O) groups is 1. The van der Waals surface area contributed by atoms with Crippen LogP contribution in [0.1, 0.15) is 10.5 Å². The standard InChI is InChI=1S/C16H22N8O2/c1-21-12-13(17-20-21)16(25)24-6-4-22(5-7-24)14-2-3-15(19-18-14)23-8-10-26-11-9-23/h2-3,12H,4-11H2,1H3. The first kappa shape index (κ1) is 16.7. The van der Waals surface area contributed by atoms with Gasteiger partial charge in [0.1, 0.15) is 0 Å². The first-order valence-corrected chi connectivity index (χ1v) is 8.78. The van der Waals surface area contributed by atoms with Crippen molar-refractivity contribution in [3.63, 3.8) is 0 Å². The number of piperazine rings is 1. The molecule has 26 heavy (non-hydrogen) atoms. The van der Waals surface area contributed by atoms with E-state index in [0.717, 1.165) is 51.0 Å². The average Bonchev–Trinajstić information content (AvgIpc) is 3.15. The van der Waals surface area contributed by atoms with Crippen LogP contribution in [-0.2, 0) is 11.8 Å². The Bertz CT molecular complexity index is 748. The highest BCUT2D eigenvalue weighted by atomic mass is 16.5. The summed E-state index contributed by atoms with van der Waals surface area (Å²) in [4.78, 5) is 18.6. The van der Waals surface area contributed by atoms with Crippen LogP contribution in [0.5, 0.6) is 0 Å². The highest BCUT2D eigenvalue weighted by Gasteiger charge is 2.25. The molecule has 2 aliphatic heterocycles. The fraction of sp³-hybridized carbons (Fsp3) is 0.562. The van der Waals surface area contributed by atoms with E-state index in [1.165, 1.54) is 4.68 Å². The number of aryl methyl sites for hydroxylation is 1. The first-order chi connectivity index (χ1) is 12.7. The van der Waals surface area contributed by atoms with Crippen molar-refractivity contribution in [3.05, 3.63) is 24.0 Å². The van der Waals surface area contributed by atoms with Gasteiger partial charge in [0.2, 0.25) is 0 Å². The van der Waals surface area contributed by atoms with E-state index in [1.54, 1.807) is 18.1 Å². The Labute approximate surface area is 151 Å². The zero-order valence-electron chi connectivity index (χ0n) is 14.8. The summed E-state index contributed by atoms with van der Waals surface area (Å²) in [5, 5.41) is 16.4. The fourth-order valence-electron chi connectivity index (χ4n) is 3.19. The number of ether oxygens (including phenoxy) is 1. The van der Waals surface area contributed by atoms with Gasteiger partial charge in [0, 0.05) is 46.3 Å². The summed E-state index contributed by atoms with van der Waals surface area (Å²) in [5.74, 6) is 1.65. The first-order valence-electron chi connectivity index (χ1n) is 8.78. The molecule has 0 bridgehead atoms. The Hall–Kier alpha value is -2.75. The summed E-state index contributed by atoms with van der Waals surface area (Å²) in [6, 6.07) is 4.00. The van der Waals surface area contributed by atoms with E-state index in [-0.39, 0.29) is 5.91 Å². The molecule has 4 rings (SSSR count). The zero-order valence-corrected chi connectivity index (χ0v) is 14.8. The highest BCUT2D eigenvalue weighted by molar-refractivity contribution is 5.92. The maximum absolute atomic E-state index is 12.4. The van der Waals surface area contributed by atoms with Gasteiger partial charge in [-0.05, 0) is 12.1 Å². The minimum absolute atomic E-state index is 0.0773. The Morgan fingerprint density at radius 3 is 2.08 bits per heavy atom. The summed E-state index contributed by atoms with van der Waals surface area (Å²) >= 11 is 0. The van der Waals surface area contributed by atoms with E-state index in [2.05, 4.69) is 30.3 Å². The number of hydrogen-bond donors (Lipinski definition) is 0. The normalized spacial score (nSPS) is 18.3. The largest absolute Gasteiger partial charge is 0.378 e. The molecule has 2 aliphatic rings. The van der Waals surface area contributed by atoms with Crippen LogP contribution in [0.4, 0.5) is 11.6 Å². The van der Waals surface area contributed by atoms with Crippen LogP contribution in [0.3, 0.4) is 0 Å². The lowest BCUT2D eigenvalue weighted by Crippen LogP contribution is -2.49. The second-order valence-corrected chi connectivity index (χ2v) is 6.41. The minimum Gasteiger partial charge on any atom is -0.378 e. The van der Waals surface area contributed by atoms with Gasteiger partial charge < -0.3 is 19.4 Å². The van der Waals surface area contributed by atoms with E-state index >= 15 is 0 Å². The molecule has 0 saturated carbocycles. The van der Waals surface area contributed by atoms with Crippen molar-refractivity contribution in [2.75, 3.05) is 62.3 Å². The molecule has 2 aromatic heterocycles. The Morgan fingerprint density at radius 1 is 0.923 bits per heavy atom. The third-order valence-electron chi connectivity index (χ3n) is 4.68. The second kappa shape index (κ2) is 7.24. The third kappa shape index (κ3) is 3.45. The quantitative estimate of drug-likeness (QED) is 0.718. The molecule has 0 aliphatic carbocycles. The zero-order chi connectivity index (χ0) is 17.9. The minimum atomic E-state index is -0.0773. The summed E-state index contributed by atoms with van der Waals surface area (Å²) < 4.78 is 6.90. The highest BCUT2D eigenvalue weighted by Crippen LogP contribution is 2.18. The molecule has 0 N–H and O–H groups in total. The van der Waals surface area contributed by atoms with E-state index in [1.807, 2.05) is 12.1 Å². The van der Waals surface area contributed by atoms with Gasteiger partial charge in [-0.25, -0.2) is 0 Å². The van der Waals surface area contributed by atoms with Gasteiger partial charge in [-0.1, -0.05) is 5.21 Å². The molecule has 0 aromatic carbocycles. The van der Waals surface area contributed by atoms with E-state index < -0.39 is 0 Å². The molecule has 2 aromatic rings. The predicted molar refractivity (Wildman–Crippen MR) is 94.2 cm³/mol. The molecule has 0 atom stereocenters. The van der Waals surface area contributed by atoms with E-state index in [9.17, 15) is 4.79 Å². The molecule has 2 fully saturated rings. The van der Waals surface area contributed by atoms with Crippen LogP contribution < -0.4 is 9.80 Å². The molecule has 0 spiro atoms. The number of carbonyl (C=O) groups excluding carboxylic acids is 1. The van der Waals surface area contributed by atoms with Crippen molar-refractivity contribution in [2.24, 2.45) is 7.05 Å². The lowest BCUT2D eigenvalue weighted by atomic mass is 10.2. The molecule has 0 unspecified atom stereocenters. The number of anilines is 2. The van der Waals surface area contributed by atoms with Gasteiger partial charge in [0.25, 0.3) is 5.91 Å². The topological polar surface area (TPSA) is 92.5 Å². The van der Waals surface area contributed by atoms with Crippen molar-refractivity contribution < 1.29 is 9.53 Å². The van der Waals surface area contributed by atoms with Gasteiger partial charge in [-0.15, -0.1) is 15.3 Å². The summed E-state index contributed by atoms with van der Waals surface area (Å²) in [6.45, 7) is 5.84. The Morgan fingerprint density at radius 2 is 1.54 bits per heavy atom. The summed E-state index contributed by atoms with van der Waals surface area (Å²) in [7, 11) is 1.75. The molecular weight excluding hydrogens is 336 g/mol. The number of hydrogen-bond acceptors (Lipinski definition) is 8. The molecule has 10 nitrogen and oxygen atoms in total. The molecule has 0 radical (unpaired) electrons. The van der Waals surface area contributed by atoms with E-state index in [4.69, 9.17) is 4.74 Å². The van der Waals surface area contributed by atoms with Crippen molar-refractivity contribution in [1.82, 2.24) is 30.1 Å². The Balaban J connectivity index is 1.35. The molecule has 2 saturated heterocycles. The monoisotopic (exact) mass is 358 g/mol. The van der Waals surface area contributed by atoms with Crippen LogP contribution in [0.2, 0.25) is 0 Å². The maximum Gasteiger partial charge on any atom is 0.276 e. The lowest BCUT2D eigenvalue weighted by molar-refractivity contribution is 0.0740. The lowest BCUT2D eigenvalue weighted by Gasteiger charge is -2.35. The third-order valence-corrected chi connectivity index (χ3v) is 4.68. The fourth-order valence-corrected chi connectivity index (χ4v) is 3.19. The van der Waals surface area contributed by atoms with Crippen LogP contribution in [0, 0.1) is 0 Å². The van der Waals surface area contributed by atoms with Crippen molar-refractivity contribution in [3.8, 4) is 0 Å². The number of morpholine rings is 1. The van der Waals surface area contributed by atoms with Crippen molar-refractivity contribution >= 4 is 17.5 Å². The number of rotatable bonds is 3. The smallest absolute Gasteiger partial charge is 0.276 e. The van der Waals surface area contributed by atoms with Crippen LogP contribution in [0.25, 0.3) is 0 Å². The Kier molecular flexibility index (Phi) is 4.65. The maximum atomic E-state index is 12.4. The molecule has 138 valence electrons. The summed E-state index contributed by atoms with van der Waals surface area (Å²) in [6.07, 6.45) is 1.64. The van der Waals surface area contributed by atoms with Gasteiger partial charge in [-0.3, -0.25) is 9.48 Å². The number of amides is 1. The van der Waals surface area contributed by atoms with Crippen LogP contribution >= 0.6 is 0 Å². The molecular formula is C16H22N8O2. The van der Waals surface area contributed by atoms with Gasteiger partial charge in [0.05, 0.1) is 19.4 Å². The molecule has 10 heteroatoms. The summed E-state index contributed by atoms with van der Waals surface area (Å²) in [5.41, 5.74) is 0.385. The van der Waals surface area contributed by atoms with Gasteiger partial charge in [-0.2, -0.15) is 0 Å². The van der Waals surface area contributed by atoms with Crippen molar-refractivity contribution in [2.45, 2.75) is 0 Å². The van der Waals surface area contributed by atoms with Crippen molar-refractivity contribution in [1.29, 1.82) is 0 Å². The SMILES string of the molecule is Cn1cc(C(=O)N2CCN(c3ccc(N4CCOCC4)nn3)CC2)nn1. The number of aromatic nitrogens is 5. The second-order valence-electron chi connectivity index (χ2n) is 6.41. The van der Waals surface area contributed by atoms with Gasteiger partial charge >= 0.3 is 0 Å². The van der Waals surface area contributed by atoms with Crippen LogP contribution in [0.15, 0.2) is 18.3 Å². The van der Waals surface area contributed by atoms with Gasteiger partial charge in [0.15, 0.2) is 17.3 Å². The molecule has 1 amide bonds. The van der Waals surface area contributed by atoms with E-state index in [0.29, 0.717) is 18.8 Å². The number of nitrogens with zero attached hydrogens (tertiary/aromatic N) is 8. The molecule has 4 heterocycles.